The van der Waals surface area contributed by atoms with E-state index in [4.69, 9.17) is 19.4 Å². The van der Waals surface area contributed by atoms with Crippen molar-refractivity contribution in [1.82, 2.24) is 15.0 Å². The van der Waals surface area contributed by atoms with Crippen molar-refractivity contribution in [2.24, 2.45) is 0 Å². The normalized spacial score (nSPS) is 11.5. The molecule has 0 bridgehead atoms. The van der Waals surface area contributed by atoms with Crippen LogP contribution in [0.5, 0.6) is 0 Å². The standard InChI is InChI=1S/C42H29N3OS/c1-3-4-17-37-27(2)43-42(46-37)32-23-24-38-34(25-32)40-33(16-11-18-39(40)47-38)36-26-35(44-41(45-36)31-14-9-6-10-15-31)30-21-19-29(20-22-30)28-12-7-5-8-13-28/h3-26H,1H2,2H3/b17-4-. The van der Waals surface area contributed by atoms with Gasteiger partial charge in [-0.25, -0.2) is 15.0 Å². The lowest BCUT2D eigenvalue weighted by Gasteiger charge is -2.11. The molecule has 224 valence electrons. The zero-order valence-corrected chi connectivity index (χ0v) is 26.5. The number of nitrogens with zero attached hydrogens (tertiary/aromatic N) is 3. The molecule has 0 unspecified atom stereocenters. The first kappa shape index (κ1) is 28.6. The second-order valence-corrected chi connectivity index (χ2v) is 12.4. The first-order valence-electron chi connectivity index (χ1n) is 15.5. The maximum Gasteiger partial charge on any atom is 0.226 e. The first-order chi connectivity index (χ1) is 23.1. The third-order valence-corrected chi connectivity index (χ3v) is 9.42. The summed E-state index contributed by atoms with van der Waals surface area (Å²) >= 11 is 1.78. The van der Waals surface area contributed by atoms with Crippen LogP contribution >= 0.6 is 11.3 Å². The van der Waals surface area contributed by atoms with Gasteiger partial charge in [0.05, 0.1) is 17.1 Å². The SMILES string of the molecule is C=C/C=C\c1oc(-c2ccc3sc4cccc(-c5cc(-c6ccc(-c7ccccc7)cc6)nc(-c6ccccc6)n5)c4c3c2)nc1C. The van der Waals surface area contributed by atoms with Crippen LogP contribution in [0.4, 0.5) is 0 Å². The largest absolute Gasteiger partial charge is 0.436 e. The second kappa shape index (κ2) is 12.1. The zero-order valence-electron chi connectivity index (χ0n) is 25.7. The van der Waals surface area contributed by atoms with Crippen molar-refractivity contribution < 1.29 is 4.42 Å². The fourth-order valence-electron chi connectivity index (χ4n) is 5.93. The molecule has 3 heterocycles. The minimum atomic E-state index is 0.597. The van der Waals surface area contributed by atoms with Gasteiger partial charge in [-0.05, 0) is 54.5 Å². The average Bonchev–Trinajstić information content (AvgIpc) is 3.70. The molecule has 0 N–H and O–H groups in total. The zero-order chi connectivity index (χ0) is 31.7. The molecule has 0 aliphatic carbocycles. The Morgan fingerprint density at radius 1 is 0.617 bits per heavy atom. The highest BCUT2D eigenvalue weighted by Crippen LogP contribution is 2.42. The van der Waals surface area contributed by atoms with Gasteiger partial charge in [-0.1, -0.05) is 116 Å². The summed E-state index contributed by atoms with van der Waals surface area (Å²) in [5.74, 6) is 2.02. The topological polar surface area (TPSA) is 51.8 Å². The van der Waals surface area contributed by atoms with Crippen LogP contribution in [0.1, 0.15) is 11.5 Å². The molecular formula is C42H29N3OS. The van der Waals surface area contributed by atoms with Crippen molar-refractivity contribution in [3.63, 3.8) is 0 Å². The van der Waals surface area contributed by atoms with Crippen LogP contribution in [-0.4, -0.2) is 15.0 Å². The van der Waals surface area contributed by atoms with E-state index < -0.39 is 0 Å². The number of aryl methyl sites for hydroxylation is 1. The number of thiophene rings is 1. The van der Waals surface area contributed by atoms with Crippen LogP contribution < -0.4 is 0 Å². The maximum atomic E-state index is 6.16. The molecule has 0 saturated heterocycles. The van der Waals surface area contributed by atoms with Crippen LogP contribution in [0.3, 0.4) is 0 Å². The molecule has 0 aliphatic rings. The van der Waals surface area contributed by atoms with Gasteiger partial charge < -0.3 is 4.42 Å². The summed E-state index contributed by atoms with van der Waals surface area (Å²) in [6.07, 6.45) is 5.48. The Hall–Kier alpha value is -5.91. The lowest BCUT2D eigenvalue weighted by atomic mass is 9.99. The molecule has 0 spiro atoms. The molecule has 5 aromatic carbocycles. The molecular weight excluding hydrogens is 595 g/mol. The maximum absolute atomic E-state index is 6.16. The molecule has 0 amide bonds. The minimum Gasteiger partial charge on any atom is -0.436 e. The summed E-state index contributed by atoms with van der Waals surface area (Å²) in [7, 11) is 0. The summed E-state index contributed by atoms with van der Waals surface area (Å²) in [5.41, 5.74) is 8.95. The van der Waals surface area contributed by atoms with Crippen LogP contribution in [0.15, 0.2) is 151 Å². The van der Waals surface area contributed by atoms with E-state index in [1.807, 2.05) is 43.3 Å². The van der Waals surface area contributed by atoms with Gasteiger partial charge in [0.1, 0.15) is 0 Å². The van der Waals surface area contributed by atoms with E-state index in [0.717, 1.165) is 55.9 Å². The Morgan fingerprint density at radius 2 is 1.30 bits per heavy atom. The minimum absolute atomic E-state index is 0.597. The van der Waals surface area contributed by atoms with E-state index in [1.165, 1.54) is 20.5 Å². The Kier molecular flexibility index (Phi) is 7.36. The van der Waals surface area contributed by atoms with Gasteiger partial charge in [-0.2, -0.15) is 0 Å². The number of benzene rings is 5. The molecule has 0 radical (unpaired) electrons. The summed E-state index contributed by atoms with van der Waals surface area (Å²) < 4.78 is 8.55. The third kappa shape index (κ3) is 5.47. The highest BCUT2D eigenvalue weighted by Gasteiger charge is 2.17. The second-order valence-electron chi connectivity index (χ2n) is 11.3. The number of oxazole rings is 1. The van der Waals surface area contributed by atoms with E-state index in [9.17, 15) is 0 Å². The summed E-state index contributed by atoms with van der Waals surface area (Å²) in [6, 6.07) is 44.2. The van der Waals surface area contributed by atoms with Gasteiger partial charge >= 0.3 is 0 Å². The van der Waals surface area contributed by atoms with Crippen LogP contribution in [0.2, 0.25) is 0 Å². The quantitative estimate of drug-likeness (QED) is 0.166. The van der Waals surface area contributed by atoms with E-state index in [0.29, 0.717) is 11.7 Å². The predicted octanol–water partition coefficient (Wildman–Crippen LogP) is 11.7. The molecule has 0 fully saturated rings. The Labute approximate surface area is 277 Å². The molecule has 8 aromatic rings. The molecule has 0 saturated carbocycles. The van der Waals surface area contributed by atoms with Gasteiger partial charge in [0.2, 0.25) is 5.89 Å². The number of rotatable bonds is 7. The van der Waals surface area contributed by atoms with Crippen molar-refractivity contribution in [3.05, 3.63) is 158 Å². The summed E-state index contributed by atoms with van der Waals surface area (Å²) in [4.78, 5) is 15.0. The number of hydrogen-bond donors (Lipinski definition) is 0. The van der Waals surface area contributed by atoms with Crippen molar-refractivity contribution in [3.8, 4) is 56.5 Å². The predicted molar refractivity (Wildman–Crippen MR) is 196 cm³/mol. The molecule has 0 atom stereocenters. The fraction of sp³-hybridized carbons (Fsp3) is 0.0238. The Bertz CT molecular complexity index is 2420. The first-order valence-corrected chi connectivity index (χ1v) is 16.3. The third-order valence-electron chi connectivity index (χ3n) is 8.28. The van der Waals surface area contributed by atoms with Gasteiger partial charge in [0.15, 0.2) is 11.6 Å². The van der Waals surface area contributed by atoms with Gasteiger partial charge in [-0.3, -0.25) is 0 Å². The molecule has 5 heteroatoms. The molecule has 8 rings (SSSR count). The molecule has 3 aromatic heterocycles. The molecule has 0 aliphatic heterocycles. The van der Waals surface area contributed by atoms with Crippen LogP contribution in [-0.2, 0) is 0 Å². The average molecular weight is 624 g/mol. The van der Waals surface area contributed by atoms with E-state index in [-0.39, 0.29) is 0 Å². The van der Waals surface area contributed by atoms with Crippen molar-refractivity contribution >= 4 is 37.6 Å². The lowest BCUT2D eigenvalue weighted by Crippen LogP contribution is -1.96. The highest BCUT2D eigenvalue weighted by atomic mass is 32.1. The van der Waals surface area contributed by atoms with Crippen molar-refractivity contribution in [1.29, 1.82) is 0 Å². The van der Waals surface area contributed by atoms with E-state index in [1.54, 1.807) is 17.4 Å². The number of aromatic nitrogens is 3. The number of hydrogen-bond acceptors (Lipinski definition) is 5. The monoisotopic (exact) mass is 623 g/mol. The van der Waals surface area contributed by atoms with E-state index in [2.05, 4.69) is 110 Å². The number of allylic oxidation sites excluding steroid dienone is 2. The number of fused-ring (bicyclic) bond motifs is 3. The smallest absolute Gasteiger partial charge is 0.226 e. The van der Waals surface area contributed by atoms with E-state index >= 15 is 0 Å². The van der Waals surface area contributed by atoms with Crippen LogP contribution in [0.25, 0.3) is 82.7 Å². The van der Waals surface area contributed by atoms with Crippen LogP contribution in [0, 0.1) is 6.92 Å². The summed E-state index contributed by atoms with van der Waals surface area (Å²) in [6.45, 7) is 5.72. The molecule has 4 nitrogen and oxygen atoms in total. The fourth-order valence-corrected chi connectivity index (χ4v) is 7.04. The van der Waals surface area contributed by atoms with Crippen molar-refractivity contribution in [2.45, 2.75) is 6.92 Å². The van der Waals surface area contributed by atoms with Gasteiger partial charge in [0.25, 0.3) is 0 Å². The van der Waals surface area contributed by atoms with Gasteiger partial charge in [-0.15, -0.1) is 11.3 Å². The Morgan fingerprint density at radius 3 is 2.06 bits per heavy atom. The van der Waals surface area contributed by atoms with Crippen molar-refractivity contribution in [2.75, 3.05) is 0 Å². The summed E-state index contributed by atoms with van der Waals surface area (Å²) in [5, 5.41) is 2.30. The lowest BCUT2D eigenvalue weighted by molar-refractivity contribution is 0.563. The highest BCUT2D eigenvalue weighted by molar-refractivity contribution is 7.26. The van der Waals surface area contributed by atoms with Gasteiger partial charge in [0, 0.05) is 42.4 Å². The molecule has 47 heavy (non-hydrogen) atoms. The Balaban J connectivity index is 1.29.